The lowest BCUT2D eigenvalue weighted by molar-refractivity contribution is -0.307. The third-order valence-corrected chi connectivity index (χ3v) is 4.13. The van der Waals surface area contributed by atoms with Crippen LogP contribution >= 0.6 is 22.7 Å². The van der Waals surface area contributed by atoms with E-state index in [1.165, 1.54) is 28.2 Å². The van der Waals surface area contributed by atoms with Crippen molar-refractivity contribution in [1.82, 2.24) is 4.98 Å². The molecule has 3 aromatic rings. The number of aryl methyl sites for hydroxylation is 1. The quantitative estimate of drug-likeness (QED) is 0.598. The average molecular weight is 235 g/mol. The maximum absolute atomic E-state index is 11.2. The van der Waals surface area contributed by atoms with Gasteiger partial charge in [0, 0.05) is 6.07 Å². The smallest absolute Gasteiger partial charge is 0.265 e. The molecule has 5 heteroatoms. The molecule has 2 heterocycles. The number of aromatic nitrogens is 2. The Morgan fingerprint density at radius 2 is 2.20 bits per heavy atom. The van der Waals surface area contributed by atoms with Gasteiger partial charge in [0.15, 0.2) is 0 Å². The van der Waals surface area contributed by atoms with Gasteiger partial charge in [-0.2, -0.15) is 4.98 Å². The van der Waals surface area contributed by atoms with Gasteiger partial charge in [-0.3, -0.25) is 4.79 Å². The van der Waals surface area contributed by atoms with Gasteiger partial charge in [-0.05, 0) is 29.9 Å². The summed E-state index contributed by atoms with van der Waals surface area (Å²) in [6, 6.07) is 6.04. The third-order valence-electron chi connectivity index (χ3n) is 2.18. The van der Waals surface area contributed by atoms with E-state index in [0.29, 0.717) is 0 Å². The molecule has 0 spiro atoms. The topological polar surface area (TPSA) is 44.1 Å². The largest absolute Gasteiger partial charge is 0.301 e. The van der Waals surface area contributed by atoms with Crippen LogP contribution in [0.1, 0.15) is 5.56 Å². The summed E-state index contributed by atoms with van der Waals surface area (Å²) in [4.78, 5) is 20.5. The average Bonchev–Trinajstić information content (AvgIpc) is 2.53. The molecule has 0 aliphatic carbocycles. The van der Waals surface area contributed by atoms with Crippen LogP contribution in [0.15, 0.2) is 23.0 Å². The molecule has 3 nitrogen and oxygen atoms in total. The molecule has 0 saturated carbocycles. The molecule has 0 saturated heterocycles. The Hall–Kier alpha value is -1.33. The summed E-state index contributed by atoms with van der Waals surface area (Å²) in [5, 5.41) is 0. The van der Waals surface area contributed by atoms with Crippen molar-refractivity contribution in [1.29, 1.82) is 0 Å². The van der Waals surface area contributed by atoms with Crippen LogP contribution in [0.2, 0.25) is 0 Å². The molecule has 0 aliphatic heterocycles. The standard InChI is InChI=1S/C10H6N2OS2/c1-5-2-3-6-7(4-5)12-9-8(11-6)14-10(13)15-9/h2-4H,1H3/p+1. The number of H-pyrrole nitrogens is 1. The summed E-state index contributed by atoms with van der Waals surface area (Å²) >= 11 is 2.41. The van der Waals surface area contributed by atoms with Crippen molar-refractivity contribution in [2.24, 2.45) is 0 Å². The van der Waals surface area contributed by atoms with Crippen molar-refractivity contribution in [2.75, 3.05) is 0 Å². The van der Waals surface area contributed by atoms with Crippen molar-refractivity contribution < 1.29 is 4.98 Å². The van der Waals surface area contributed by atoms with Gasteiger partial charge in [0.05, 0.1) is 0 Å². The SMILES string of the molecule is Cc1ccc2[nH+]c3sc(=O)sc3nc2c1. The first-order valence-corrected chi connectivity index (χ1v) is 6.09. The maximum atomic E-state index is 11.2. The Morgan fingerprint density at radius 1 is 1.33 bits per heavy atom. The summed E-state index contributed by atoms with van der Waals surface area (Å²) < 4.78 is 0.0841. The monoisotopic (exact) mass is 235 g/mol. The molecule has 1 aromatic carbocycles. The Labute approximate surface area is 93.1 Å². The minimum absolute atomic E-state index is 0.0841. The molecule has 0 amide bonds. The van der Waals surface area contributed by atoms with Crippen LogP contribution in [0.5, 0.6) is 0 Å². The minimum atomic E-state index is 0.0841. The first kappa shape index (κ1) is 8.94. The van der Waals surface area contributed by atoms with Crippen molar-refractivity contribution in [2.45, 2.75) is 6.92 Å². The van der Waals surface area contributed by atoms with Crippen molar-refractivity contribution >= 4 is 43.4 Å². The lowest BCUT2D eigenvalue weighted by Crippen LogP contribution is -2.04. The van der Waals surface area contributed by atoms with Crippen LogP contribution in [0, 0.1) is 6.92 Å². The fourth-order valence-electron chi connectivity index (χ4n) is 1.50. The Morgan fingerprint density at radius 3 is 3.07 bits per heavy atom. The second-order valence-corrected chi connectivity index (χ2v) is 5.55. The third kappa shape index (κ3) is 1.44. The normalized spacial score (nSPS) is 11.3. The summed E-state index contributed by atoms with van der Waals surface area (Å²) in [5.41, 5.74) is 3.06. The Kier molecular flexibility index (Phi) is 1.83. The van der Waals surface area contributed by atoms with Gasteiger partial charge in [0.25, 0.3) is 4.06 Å². The number of rotatable bonds is 0. The Balaban J connectivity index is 2.51. The lowest BCUT2D eigenvalue weighted by Gasteiger charge is -1.92. The van der Waals surface area contributed by atoms with E-state index in [4.69, 9.17) is 0 Å². The summed E-state index contributed by atoms with van der Waals surface area (Å²) in [7, 11) is 0. The lowest BCUT2D eigenvalue weighted by atomic mass is 10.2. The fraction of sp³-hybridized carbons (Fsp3) is 0.100. The van der Waals surface area contributed by atoms with Gasteiger partial charge < -0.3 is 0 Å². The number of benzene rings is 1. The highest BCUT2D eigenvalue weighted by Gasteiger charge is 2.11. The zero-order valence-corrected chi connectivity index (χ0v) is 9.54. The van der Waals surface area contributed by atoms with E-state index in [2.05, 4.69) is 9.97 Å². The van der Waals surface area contributed by atoms with E-state index in [1.807, 2.05) is 25.1 Å². The van der Waals surface area contributed by atoms with E-state index in [1.54, 1.807) is 0 Å². The molecule has 15 heavy (non-hydrogen) atoms. The van der Waals surface area contributed by atoms with Gasteiger partial charge in [0.2, 0.25) is 10.3 Å². The molecule has 74 valence electrons. The van der Waals surface area contributed by atoms with E-state index in [9.17, 15) is 4.79 Å². The van der Waals surface area contributed by atoms with Crippen molar-refractivity contribution in [3.63, 3.8) is 0 Å². The molecule has 0 bridgehead atoms. The molecule has 3 rings (SSSR count). The molecule has 0 aliphatic rings. The molecule has 1 N–H and O–H groups in total. The van der Waals surface area contributed by atoms with Crippen LogP contribution in [-0.2, 0) is 0 Å². The Bertz CT molecular complexity index is 714. The number of aromatic amines is 1. The minimum Gasteiger partial charge on any atom is -0.265 e. The molecule has 0 unspecified atom stereocenters. The number of nitrogens with one attached hydrogen (secondary N) is 1. The van der Waals surface area contributed by atoms with Gasteiger partial charge in [-0.25, -0.2) is 4.98 Å². The first-order chi connectivity index (χ1) is 7.22. The van der Waals surface area contributed by atoms with Crippen LogP contribution < -0.4 is 9.04 Å². The second kappa shape index (κ2) is 3.08. The molecular weight excluding hydrogens is 228 g/mol. The summed E-state index contributed by atoms with van der Waals surface area (Å²) in [5.74, 6) is 0. The highest BCUT2D eigenvalue weighted by molar-refractivity contribution is 7.34. The molecule has 0 fully saturated rings. The van der Waals surface area contributed by atoms with E-state index < -0.39 is 0 Å². The molecule has 0 radical (unpaired) electrons. The van der Waals surface area contributed by atoms with E-state index in [0.717, 1.165) is 20.7 Å². The van der Waals surface area contributed by atoms with Gasteiger partial charge in [-0.15, -0.1) is 0 Å². The van der Waals surface area contributed by atoms with Crippen LogP contribution in [0.4, 0.5) is 0 Å². The number of hydrogen-bond donors (Lipinski definition) is 0. The summed E-state index contributed by atoms with van der Waals surface area (Å²) in [6.45, 7) is 2.03. The van der Waals surface area contributed by atoms with Crippen LogP contribution in [-0.4, -0.2) is 4.98 Å². The maximum Gasteiger partial charge on any atom is 0.301 e. The van der Waals surface area contributed by atoms with Gasteiger partial charge in [-0.1, -0.05) is 17.4 Å². The predicted molar refractivity (Wildman–Crippen MR) is 62.6 cm³/mol. The molecule has 0 atom stereocenters. The van der Waals surface area contributed by atoms with E-state index >= 15 is 0 Å². The van der Waals surface area contributed by atoms with Crippen molar-refractivity contribution in [3.8, 4) is 0 Å². The zero-order chi connectivity index (χ0) is 10.4. The summed E-state index contributed by atoms with van der Waals surface area (Å²) in [6.07, 6.45) is 0. The van der Waals surface area contributed by atoms with Gasteiger partial charge >= 0.3 is 4.83 Å². The van der Waals surface area contributed by atoms with Gasteiger partial charge in [0.1, 0.15) is 5.52 Å². The van der Waals surface area contributed by atoms with E-state index in [-0.39, 0.29) is 4.06 Å². The number of fused-ring (bicyclic) bond motifs is 2. The number of nitrogens with zero attached hydrogens (tertiary/aromatic N) is 1. The second-order valence-electron chi connectivity index (χ2n) is 3.35. The number of hydrogen-bond acceptors (Lipinski definition) is 4. The highest BCUT2D eigenvalue weighted by Crippen LogP contribution is 2.18. The molecular formula is C10H7N2OS2+. The fourth-order valence-corrected chi connectivity index (χ4v) is 3.31. The first-order valence-electron chi connectivity index (χ1n) is 4.46. The highest BCUT2D eigenvalue weighted by atomic mass is 32.2. The zero-order valence-electron chi connectivity index (χ0n) is 7.90. The molecule has 2 aromatic heterocycles. The van der Waals surface area contributed by atoms with Crippen molar-refractivity contribution in [3.05, 3.63) is 32.6 Å². The van der Waals surface area contributed by atoms with Crippen LogP contribution in [0.3, 0.4) is 0 Å². The predicted octanol–water partition coefficient (Wildman–Crippen LogP) is 1.99. The van der Waals surface area contributed by atoms with Crippen LogP contribution in [0.25, 0.3) is 20.7 Å².